The molecule has 0 radical (unpaired) electrons. The Balaban J connectivity index is 1.11. The zero-order chi connectivity index (χ0) is 45.6. The van der Waals surface area contributed by atoms with Crippen LogP contribution in [0.5, 0.6) is 17.2 Å². The Hall–Kier alpha value is -5.98. The Morgan fingerprint density at radius 2 is 1.27 bits per heavy atom. The summed E-state index contributed by atoms with van der Waals surface area (Å²) >= 11 is 0. The largest absolute Gasteiger partial charge is 0.497 e. The van der Waals surface area contributed by atoms with Crippen LogP contribution in [0.2, 0.25) is 0 Å². The number of hydrogen-bond acceptors (Lipinski definition) is 11. The van der Waals surface area contributed by atoms with E-state index in [2.05, 4.69) is 27.6 Å². The molecule has 64 heavy (non-hydrogen) atoms. The predicted octanol–water partition coefficient (Wildman–Crippen LogP) is 5.09. The van der Waals surface area contributed by atoms with Crippen LogP contribution in [0.15, 0.2) is 119 Å². The van der Waals surface area contributed by atoms with Gasteiger partial charge in [0, 0.05) is 69.2 Å². The molecule has 1 unspecified atom stereocenters. The van der Waals surface area contributed by atoms with Gasteiger partial charge in [-0.1, -0.05) is 48.5 Å². The quantitative estimate of drug-likeness (QED) is 0.127. The summed E-state index contributed by atoms with van der Waals surface area (Å²) in [6.07, 6.45) is 0.665. The molecular formula is C47H53N5O10S2. The Kier molecular flexibility index (Phi) is 14.3. The second-order valence-corrected chi connectivity index (χ2v) is 19.5. The number of rotatable bonds is 17. The number of carbonyl (C=O) groups excluding carboxylic acids is 1. The van der Waals surface area contributed by atoms with Crippen molar-refractivity contribution in [1.29, 1.82) is 0 Å². The molecule has 5 aromatic carbocycles. The SMILES string of the molecule is COc1ccc(CNS(=O)(=O)c2ccc(C(C(=O)O)N(Cc3ccc(OC)cc3)S(=O)(=O)c3ccc(CC(=O)N4CCc5c(OC)ccc(N6CCN(C)CC6)c5C4)cc3)cc2)cc1. The third-order valence-corrected chi connectivity index (χ3v) is 15.0. The molecule has 17 heteroatoms. The maximum absolute atomic E-state index is 14.6. The highest BCUT2D eigenvalue weighted by atomic mass is 32.2. The Bertz CT molecular complexity index is 2660. The number of nitrogens with zero attached hydrogens (tertiary/aromatic N) is 4. The third-order valence-electron chi connectivity index (χ3n) is 11.8. The van der Waals surface area contributed by atoms with E-state index in [1.165, 1.54) is 50.6 Å². The lowest BCUT2D eigenvalue weighted by molar-refractivity contribution is -0.142. The molecule has 0 aliphatic carbocycles. The Labute approximate surface area is 374 Å². The average molecular weight is 912 g/mol. The van der Waals surface area contributed by atoms with Gasteiger partial charge in [-0.2, -0.15) is 4.31 Å². The van der Waals surface area contributed by atoms with Gasteiger partial charge in [-0.25, -0.2) is 21.6 Å². The molecule has 2 aliphatic rings. The van der Waals surface area contributed by atoms with Gasteiger partial charge < -0.3 is 34.0 Å². The van der Waals surface area contributed by atoms with Crippen molar-refractivity contribution in [3.8, 4) is 17.2 Å². The average Bonchev–Trinajstić information content (AvgIpc) is 3.31. The van der Waals surface area contributed by atoms with Gasteiger partial charge in [0.15, 0.2) is 0 Å². The molecule has 1 fully saturated rings. The molecule has 1 atom stereocenters. The van der Waals surface area contributed by atoms with Gasteiger partial charge in [-0.3, -0.25) is 9.59 Å². The predicted molar refractivity (Wildman–Crippen MR) is 242 cm³/mol. The lowest BCUT2D eigenvalue weighted by atomic mass is 9.95. The molecule has 0 spiro atoms. The summed E-state index contributed by atoms with van der Waals surface area (Å²) in [4.78, 5) is 33.2. The molecular weight excluding hydrogens is 859 g/mol. The number of carboxylic acid groups (broad SMARTS) is 1. The maximum Gasteiger partial charge on any atom is 0.326 e. The van der Waals surface area contributed by atoms with Crippen molar-refractivity contribution in [3.05, 3.63) is 143 Å². The van der Waals surface area contributed by atoms with Crippen molar-refractivity contribution in [1.82, 2.24) is 18.8 Å². The first-order valence-corrected chi connectivity index (χ1v) is 23.7. The summed E-state index contributed by atoms with van der Waals surface area (Å²) in [7, 11) is -1.79. The molecule has 15 nitrogen and oxygen atoms in total. The number of piperazine rings is 1. The molecule has 2 N–H and O–H groups in total. The summed E-state index contributed by atoms with van der Waals surface area (Å²) in [6, 6.07) is 26.8. The van der Waals surface area contributed by atoms with Crippen LogP contribution in [0.4, 0.5) is 5.69 Å². The first-order chi connectivity index (χ1) is 30.7. The first-order valence-electron chi connectivity index (χ1n) is 20.8. The zero-order valence-corrected chi connectivity index (χ0v) is 37.9. The number of aliphatic carboxylic acids is 1. The van der Waals surface area contributed by atoms with Gasteiger partial charge >= 0.3 is 5.97 Å². The van der Waals surface area contributed by atoms with E-state index in [9.17, 15) is 31.5 Å². The number of carboxylic acids is 1. The van der Waals surface area contributed by atoms with E-state index in [-0.39, 0.29) is 40.8 Å². The number of methoxy groups -OCH3 is 3. The molecule has 2 heterocycles. The highest BCUT2D eigenvalue weighted by molar-refractivity contribution is 7.89. The molecule has 1 amide bonds. The van der Waals surface area contributed by atoms with Gasteiger partial charge in [0.05, 0.1) is 37.5 Å². The number of sulfonamides is 2. The third kappa shape index (κ3) is 10.3. The molecule has 338 valence electrons. The van der Waals surface area contributed by atoms with Crippen molar-refractivity contribution < 1.29 is 45.7 Å². The van der Waals surface area contributed by atoms with E-state index in [0.717, 1.165) is 53.0 Å². The fraction of sp³-hybridized carbons (Fsp3) is 0.319. The highest BCUT2D eigenvalue weighted by Crippen LogP contribution is 2.37. The zero-order valence-electron chi connectivity index (χ0n) is 36.3. The highest BCUT2D eigenvalue weighted by Gasteiger charge is 2.38. The standard InChI is InChI=1S/C47H53N5O10S2/c1-49-25-27-50(28-26-49)43-21-22-44(62-4)41-23-24-51(32-42(41)43)45(53)29-33-9-17-40(18-10-33)64(58,59)52(31-35-7-15-38(61-3)16-8-35)46(47(54)55)36-11-19-39(20-12-36)63(56,57)48-30-34-5-13-37(60-2)14-6-34/h5-22,46,48H,23-32H2,1-4H3,(H,54,55). The molecule has 7 rings (SSSR count). The molecule has 0 aromatic heterocycles. The van der Waals surface area contributed by atoms with Crippen LogP contribution in [-0.2, 0) is 62.1 Å². The number of carbonyl (C=O) groups is 2. The van der Waals surface area contributed by atoms with Crippen LogP contribution in [0.3, 0.4) is 0 Å². The summed E-state index contributed by atoms with van der Waals surface area (Å²) in [5, 5.41) is 10.7. The lowest BCUT2D eigenvalue weighted by Crippen LogP contribution is -2.45. The van der Waals surface area contributed by atoms with E-state index in [1.807, 2.05) is 11.0 Å². The van der Waals surface area contributed by atoms with Gasteiger partial charge in [-0.05, 0) is 96.4 Å². The fourth-order valence-corrected chi connectivity index (χ4v) is 10.6. The maximum atomic E-state index is 14.6. The van der Waals surface area contributed by atoms with Crippen molar-refractivity contribution in [3.63, 3.8) is 0 Å². The normalized spacial score (nSPS) is 15.1. The summed E-state index contributed by atoms with van der Waals surface area (Å²) in [6.45, 7) is 4.21. The molecule has 0 bridgehead atoms. The van der Waals surface area contributed by atoms with Crippen molar-refractivity contribution in [2.75, 3.05) is 66.0 Å². The minimum atomic E-state index is -4.55. The summed E-state index contributed by atoms with van der Waals surface area (Å²) in [5.41, 5.74) is 5.09. The van der Waals surface area contributed by atoms with Crippen LogP contribution in [0.25, 0.3) is 0 Å². The number of fused-ring (bicyclic) bond motifs is 1. The van der Waals surface area contributed by atoms with Crippen LogP contribution in [0, 0.1) is 0 Å². The summed E-state index contributed by atoms with van der Waals surface area (Å²) < 4.78 is 75.3. The minimum absolute atomic E-state index is 0.00684. The van der Waals surface area contributed by atoms with Crippen molar-refractivity contribution >= 4 is 37.6 Å². The van der Waals surface area contributed by atoms with Crippen LogP contribution >= 0.6 is 0 Å². The van der Waals surface area contributed by atoms with Crippen molar-refractivity contribution in [2.45, 2.75) is 48.3 Å². The van der Waals surface area contributed by atoms with Gasteiger partial charge in [0.2, 0.25) is 26.0 Å². The van der Waals surface area contributed by atoms with E-state index >= 15 is 0 Å². The number of likely N-dealkylation sites (N-methyl/N-ethyl adjacent to an activating group) is 1. The minimum Gasteiger partial charge on any atom is -0.497 e. The van der Waals surface area contributed by atoms with Gasteiger partial charge in [-0.15, -0.1) is 0 Å². The van der Waals surface area contributed by atoms with Gasteiger partial charge in [0.25, 0.3) is 0 Å². The number of nitrogens with one attached hydrogen (secondary N) is 1. The second-order valence-electron chi connectivity index (χ2n) is 15.8. The van der Waals surface area contributed by atoms with E-state index in [0.29, 0.717) is 47.7 Å². The van der Waals surface area contributed by atoms with Crippen molar-refractivity contribution in [2.24, 2.45) is 0 Å². The fourth-order valence-electron chi connectivity index (χ4n) is 8.07. The first kappa shape index (κ1) is 46.0. The molecule has 2 aliphatic heterocycles. The Morgan fingerprint density at radius 3 is 1.84 bits per heavy atom. The molecule has 1 saturated heterocycles. The number of hydrogen-bond donors (Lipinski definition) is 2. The second kappa shape index (κ2) is 19.8. The number of ether oxygens (including phenoxy) is 3. The van der Waals surface area contributed by atoms with E-state index in [1.54, 1.807) is 67.8 Å². The van der Waals surface area contributed by atoms with Crippen LogP contribution < -0.4 is 23.8 Å². The molecule has 5 aromatic rings. The monoisotopic (exact) mass is 911 g/mol. The van der Waals surface area contributed by atoms with Crippen LogP contribution in [0.1, 0.15) is 39.4 Å². The van der Waals surface area contributed by atoms with E-state index < -0.39 is 32.1 Å². The lowest BCUT2D eigenvalue weighted by Gasteiger charge is -2.38. The van der Waals surface area contributed by atoms with Gasteiger partial charge in [0.1, 0.15) is 23.3 Å². The number of anilines is 1. The number of amides is 1. The Morgan fingerprint density at radius 1 is 0.688 bits per heavy atom. The molecule has 0 saturated carbocycles. The number of benzene rings is 5. The summed E-state index contributed by atoms with van der Waals surface area (Å²) in [5.74, 6) is 0.381. The van der Waals surface area contributed by atoms with Crippen LogP contribution in [-0.4, -0.2) is 109 Å². The topological polar surface area (TPSA) is 175 Å². The van der Waals surface area contributed by atoms with E-state index in [4.69, 9.17) is 14.2 Å². The smallest absolute Gasteiger partial charge is 0.326 e.